The van der Waals surface area contributed by atoms with Crippen LogP contribution in [0.4, 0.5) is 0 Å². The molecule has 0 N–H and O–H groups in total. The molecule has 1 heterocycles. The van der Waals surface area contributed by atoms with E-state index in [1.165, 1.54) is 0 Å². The lowest BCUT2D eigenvalue weighted by molar-refractivity contribution is -0.113. The predicted octanol–water partition coefficient (Wildman–Crippen LogP) is 3.18. The minimum Gasteiger partial charge on any atom is -0.496 e. The largest absolute Gasteiger partial charge is 0.496 e. The number of fused-ring (bicyclic) bond motifs is 1. The molecule has 1 aliphatic rings. The number of hydrogen-bond donors (Lipinski definition) is 0. The first kappa shape index (κ1) is 11.2. The molecule has 1 aromatic heterocycles. The van der Waals surface area contributed by atoms with Gasteiger partial charge in [-0.05, 0) is 25.1 Å². The molecule has 3 nitrogen and oxygen atoms in total. The Morgan fingerprint density at radius 1 is 1.33 bits per heavy atom. The standard InChI is InChI=1S/C14H11NO2S/c1-8-13(16)9(14(8)17-2)7-12-15-10-5-3-4-6-11(10)18-12/h3-7H,1-2H3/b9-7-. The van der Waals surface area contributed by atoms with Gasteiger partial charge in [-0.15, -0.1) is 11.3 Å². The highest BCUT2D eigenvalue weighted by atomic mass is 32.1. The van der Waals surface area contributed by atoms with Crippen molar-refractivity contribution < 1.29 is 9.53 Å². The highest BCUT2D eigenvalue weighted by Gasteiger charge is 2.31. The number of para-hydroxylation sites is 1. The third kappa shape index (κ3) is 1.57. The second kappa shape index (κ2) is 4.07. The molecule has 0 atom stereocenters. The monoisotopic (exact) mass is 257 g/mol. The summed E-state index contributed by atoms with van der Waals surface area (Å²) < 4.78 is 6.32. The first-order valence-electron chi connectivity index (χ1n) is 5.58. The smallest absolute Gasteiger partial charge is 0.196 e. The second-order valence-corrected chi connectivity index (χ2v) is 5.13. The predicted molar refractivity (Wildman–Crippen MR) is 72.3 cm³/mol. The topological polar surface area (TPSA) is 39.2 Å². The zero-order valence-electron chi connectivity index (χ0n) is 10.1. The van der Waals surface area contributed by atoms with Crippen LogP contribution in [-0.4, -0.2) is 17.9 Å². The molecular weight excluding hydrogens is 246 g/mol. The Kier molecular flexibility index (Phi) is 2.52. The lowest BCUT2D eigenvalue weighted by atomic mass is 9.89. The summed E-state index contributed by atoms with van der Waals surface area (Å²) in [6.07, 6.45) is 1.80. The molecule has 0 saturated heterocycles. The number of benzene rings is 1. The van der Waals surface area contributed by atoms with Crippen molar-refractivity contribution in [3.8, 4) is 0 Å². The summed E-state index contributed by atoms with van der Waals surface area (Å²) in [5, 5.41) is 0.835. The maximum absolute atomic E-state index is 11.7. The van der Waals surface area contributed by atoms with Gasteiger partial charge in [0.05, 0.1) is 22.9 Å². The summed E-state index contributed by atoms with van der Waals surface area (Å²) in [7, 11) is 1.58. The van der Waals surface area contributed by atoms with Gasteiger partial charge in [0.15, 0.2) is 5.78 Å². The number of carbonyl (C=O) groups excluding carboxylic acids is 1. The van der Waals surface area contributed by atoms with Gasteiger partial charge in [-0.3, -0.25) is 4.79 Å². The number of rotatable bonds is 2. The lowest BCUT2D eigenvalue weighted by Gasteiger charge is -2.21. The van der Waals surface area contributed by atoms with E-state index in [1.54, 1.807) is 31.4 Å². The Labute approximate surface area is 108 Å². The molecule has 90 valence electrons. The Bertz CT molecular complexity index is 676. The van der Waals surface area contributed by atoms with Crippen molar-refractivity contribution in [1.82, 2.24) is 4.98 Å². The molecule has 4 heteroatoms. The zero-order valence-corrected chi connectivity index (χ0v) is 10.9. The van der Waals surface area contributed by atoms with Crippen molar-refractivity contribution in [1.29, 1.82) is 0 Å². The van der Waals surface area contributed by atoms with E-state index in [-0.39, 0.29) is 5.78 Å². The Balaban J connectivity index is 2.05. The molecule has 0 spiro atoms. The van der Waals surface area contributed by atoms with Gasteiger partial charge in [-0.25, -0.2) is 4.98 Å². The van der Waals surface area contributed by atoms with Gasteiger partial charge in [-0.2, -0.15) is 0 Å². The van der Waals surface area contributed by atoms with E-state index in [1.807, 2.05) is 24.3 Å². The lowest BCUT2D eigenvalue weighted by Crippen LogP contribution is -2.21. The van der Waals surface area contributed by atoms with E-state index >= 15 is 0 Å². The molecule has 0 aliphatic heterocycles. The van der Waals surface area contributed by atoms with Gasteiger partial charge in [0.1, 0.15) is 10.8 Å². The number of thiazole rings is 1. The minimum atomic E-state index is 0.0473. The van der Waals surface area contributed by atoms with Crippen LogP contribution in [0.2, 0.25) is 0 Å². The number of ketones is 1. The fourth-order valence-corrected chi connectivity index (χ4v) is 2.93. The van der Waals surface area contributed by atoms with Gasteiger partial charge < -0.3 is 4.74 Å². The first-order chi connectivity index (χ1) is 8.70. The van der Waals surface area contributed by atoms with Gasteiger partial charge in [0.25, 0.3) is 0 Å². The van der Waals surface area contributed by atoms with Crippen LogP contribution < -0.4 is 0 Å². The number of hydrogen-bond acceptors (Lipinski definition) is 4. The summed E-state index contributed by atoms with van der Waals surface area (Å²) in [6.45, 7) is 1.77. The molecule has 0 amide bonds. The number of Topliss-reactive ketones (excluding diaryl/α,β-unsaturated/α-hetero) is 1. The van der Waals surface area contributed by atoms with Gasteiger partial charge in [0.2, 0.25) is 0 Å². The van der Waals surface area contributed by atoms with E-state index in [9.17, 15) is 4.79 Å². The van der Waals surface area contributed by atoms with Crippen molar-refractivity contribution in [3.63, 3.8) is 0 Å². The van der Waals surface area contributed by atoms with Crippen molar-refractivity contribution in [2.75, 3.05) is 7.11 Å². The number of nitrogens with zero attached hydrogens (tertiary/aromatic N) is 1. The van der Waals surface area contributed by atoms with Crippen LogP contribution in [-0.2, 0) is 9.53 Å². The first-order valence-corrected chi connectivity index (χ1v) is 6.39. The molecular formula is C14H11NO2S. The Morgan fingerprint density at radius 3 is 2.83 bits per heavy atom. The zero-order chi connectivity index (χ0) is 12.7. The summed E-state index contributed by atoms with van der Waals surface area (Å²) >= 11 is 1.57. The molecule has 0 radical (unpaired) electrons. The molecule has 18 heavy (non-hydrogen) atoms. The SMILES string of the molecule is COC1=C(C)C(=O)/C1=C/c1nc2ccccc2s1. The number of ether oxygens (including phenoxy) is 1. The van der Waals surface area contributed by atoms with Gasteiger partial charge in [-0.1, -0.05) is 12.1 Å². The molecule has 0 unspecified atom stereocenters. The number of allylic oxidation sites excluding steroid dienone is 2. The summed E-state index contributed by atoms with van der Waals surface area (Å²) in [5.74, 6) is 0.727. The van der Waals surface area contributed by atoms with Crippen molar-refractivity contribution in [3.05, 3.63) is 46.2 Å². The third-order valence-electron chi connectivity index (χ3n) is 2.95. The van der Waals surface area contributed by atoms with E-state index in [0.717, 1.165) is 15.2 Å². The fraction of sp³-hybridized carbons (Fsp3) is 0.143. The highest BCUT2D eigenvalue weighted by molar-refractivity contribution is 7.19. The minimum absolute atomic E-state index is 0.0473. The van der Waals surface area contributed by atoms with Gasteiger partial charge >= 0.3 is 0 Å². The molecule has 3 rings (SSSR count). The van der Waals surface area contributed by atoms with Crippen molar-refractivity contribution >= 4 is 33.4 Å². The third-order valence-corrected chi connectivity index (χ3v) is 3.94. The van der Waals surface area contributed by atoms with Crippen LogP contribution in [0, 0.1) is 0 Å². The second-order valence-electron chi connectivity index (χ2n) is 4.07. The summed E-state index contributed by atoms with van der Waals surface area (Å²) in [5.41, 5.74) is 2.26. The maximum Gasteiger partial charge on any atom is 0.196 e. The molecule has 0 fully saturated rings. The van der Waals surface area contributed by atoms with Crippen LogP contribution in [0.25, 0.3) is 16.3 Å². The van der Waals surface area contributed by atoms with Crippen LogP contribution in [0.5, 0.6) is 0 Å². The van der Waals surface area contributed by atoms with E-state index in [4.69, 9.17) is 4.74 Å². The van der Waals surface area contributed by atoms with Crippen molar-refractivity contribution in [2.24, 2.45) is 0 Å². The van der Waals surface area contributed by atoms with Crippen molar-refractivity contribution in [2.45, 2.75) is 6.92 Å². The molecule has 2 aromatic rings. The number of carbonyl (C=O) groups is 1. The molecule has 1 aliphatic carbocycles. The molecule has 1 aromatic carbocycles. The van der Waals surface area contributed by atoms with Crippen LogP contribution in [0.1, 0.15) is 11.9 Å². The molecule has 0 bridgehead atoms. The number of aromatic nitrogens is 1. The normalized spacial score (nSPS) is 17.4. The average Bonchev–Trinajstić information content (AvgIpc) is 2.80. The summed E-state index contributed by atoms with van der Waals surface area (Å²) in [4.78, 5) is 16.2. The fourth-order valence-electron chi connectivity index (χ4n) is 2.02. The maximum atomic E-state index is 11.7. The quantitative estimate of drug-likeness (QED) is 0.776. The summed E-state index contributed by atoms with van der Waals surface area (Å²) in [6, 6.07) is 7.93. The Morgan fingerprint density at radius 2 is 2.11 bits per heavy atom. The van der Waals surface area contributed by atoms with E-state index in [2.05, 4.69) is 4.98 Å². The van der Waals surface area contributed by atoms with E-state index in [0.29, 0.717) is 16.9 Å². The number of methoxy groups -OCH3 is 1. The van der Waals surface area contributed by atoms with E-state index < -0.39 is 0 Å². The van der Waals surface area contributed by atoms with Crippen LogP contribution in [0.3, 0.4) is 0 Å². The molecule has 0 saturated carbocycles. The highest BCUT2D eigenvalue weighted by Crippen LogP contribution is 2.33. The Hall–Kier alpha value is -1.94. The van der Waals surface area contributed by atoms with Gasteiger partial charge in [0, 0.05) is 5.57 Å². The van der Waals surface area contributed by atoms with Crippen LogP contribution in [0.15, 0.2) is 41.2 Å². The average molecular weight is 257 g/mol. The van der Waals surface area contributed by atoms with Crippen LogP contribution >= 0.6 is 11.3 Å².